The number of halogens is 1. The molecule has 0 fully saturated rings. The standard InChI is InChI=1S/C12H13ClN2OS/c1-8(14-11(16)7-13)6-12-15-9-4-2-3-5-10(9)17-12/h2-5,8H,6-7H2,1H3,(H,14,16)/t8-/m0/s1. The third-order valence-corrected chi connectivity index (χ3v) is 3.65. The van der Waals surface area contributed by atoms with Gasteiger partial charge in [0.05, 0.1) is 15.2 Å². The Morgan fingerprint density at radius 3 is 3.00 bits per heavy atom. The van der Waals surface area contributed by atoms with E-state index >= 15 is 0 Å². The molecule has 0 unspecified atom stereocenters. The number of alkyl halides is 1. The second kappa shape index (κ2) is 5.47. The molecule has 5 heteroatoms. The van der Waals surface area contributed by atoms with Crippen molar-refractivity contribution in [2.75, 3.05) is 5.88 Å². The molecule has 0 saturated heterocycles. The highest BCUT2D eigenvalue weighted by Crippen LogP contribution is 2.22. The van der Waals surface area contributed by atoms with Gasteiger partial charge >= 0.3 is 0 Å². The number of para-hydroxylation sites is 1. The molecule has 2 rings (SSSR count). The fourth-order valence-corrected chi connectivity index (χ4v) is 2.81. The van der Waals surface area contributed by atoms with Crippen LogP contribution in [-0.4, -0.2) is 22.8 Å². The summed E-state index contributed by atoms with van der Waals surface area (Å²) in [7, 11) is 0. The highest BCUT2D eigenvalue weighted by Gasteiger charge is 2.10. The third kappa shape index (κ3) is 3.17. The predicted octanol–water partition coefficient (Wildman–Crippen LogP) is 2.58. The normalized spacial score (nSPS) is 12.6. The number of benzene rings is 1. The zero-order valence-electron chi connectivity index (χ0n) is 9.44. The largest absolute Gasteiger partial charge is 0.352 e. The van der Waals surface area contributed by atoms with Gasteiger partial charge in [-0.05, 0) is 19.1 Å². The van der Waals surface area contributed by atoms with Crippen LogP contribution >= 0.6 is 22.9 Å². The Bertz CT molecular complexity index is 493. The highest BCUT2D eigenvalue weighted by atomic mass is 35.5. The number of nitrogens with one attached hydrogen (secondary N) is 1. The second-order valence-electron chi connectivity index (χ2n) is 3.88. The Morgan fingerprint density at radius 2 is 2.29 bits per heavy atom. The number of hydrogen-bond acceptors (Lipinski definition) is 3. The lowest BCUT2D eigenvalue weighted by Crippen LogP contribution is -2.34. The summed E-state index contributed by atoms with van der Waals surface area (Å²) < 4.78 is 1.18. The first-order valence-corrected chi connectivity index (χ1v) is 6.74. The van der Waals surface area contributed by atoms with Crippen molar-refractivity contribution in [3.05, 3.63) is 29.3 Å². The lowest BCUT2D eigenvalue weighted by atomic mass is 10.2. The summed E-state index contributed by atoms with van der Waals surface area (Å²) in [6, 6.07) is 8.09. The number of nitrogens with zero attached hydrogens (tertiary/aromatic N) is 1. The number of hydrogen-bond donors (Lipinski definition) is 1. The van der Waals surface area contributed by atoms with Gasteiger partial charge in [0.1, 0.15) is 5.88 Å². The number of carbonyl (C=O) groups excluding carboxylic acids is 1. The summed E-state index contributed by atoms with van der Waals surface area (Å²) in [6.07, 6.45) is 0.738. The van der Waals surface area contributed by atoms with Gasteiger partial charge in [0, 0.05) is 12.5 Å². The molecule has 0 aliphatic carbocycles. The molecule has 0 bridgehead atoms. The Morgan fingerprint density at radius 1 is 1.53 bits per heavy atom. The molecular formula is C12H13ClN2OS. The Labute approximate surface area is 109 Å². The van der Waals surface area contributed by atoms with Crippen molar-refractivity contribution in [2.24, 2.45) is 0 Å². The lowest BCUT2D eigenvalue weighted by Gasteiger charge is -2.10. The van der Waals surface area contributed by atoms with Crippen LogP contribution in [0.4, 0.5) is 0 Å². The van der Waals surface area contributed by atoms with Crippen LogP contribution < -0.4 is 5.32 Å². The third-order valence-electron chi connectivity index (χ3n) is 2.35. The van der Waals surface area contributed by atoms with E-state index in [-0.39, 0.29) is 17.8 Å². The molecule has 1 amide bonds. The van der Waals surface area contributed by atoms with E-state index in [9.17, 15) is 4.79 Å². The Hall–Kier alpha value is -1.13. The molecule has 90 valence electrons. The topological polar surface area (TPSA) is 42.0 Å². The van der Waals surface area contributed by atoms with E-state index in [4.69, 9.17) is 11.6 Å². The van der Waals surface area contributed by atoms with Crippen LogP contribution in [0.2, 0.25) is 0 Å². The summed E-state index contributed by atoms with van der Waals surface area (Å²) >= 11 is 7.10. The van der Waals surface area contributed by atoms with Gasteiger partial charge in [0.25, 0.3) is 0 Å². The maximum Gasteiger partial charge on any atom is 0.235 e. The molecule has 1 aromatic heterocycles. The molecule has 1 N–H and O–H groups in total. The number of fused-ring (bicyclic) bond motifs is 1. The van der Waals surface area contributed by atoms with Crippen LogP contribution in [-0.2, 0) is 11.2 Å². The fourth-order valence-electron chi connectivity index (χ4n) is 1.63. The van der Waals surface area contributed by atoms with Crippen LogP contribution in [0, 0.1) is 0 Å². The first-order valence-electron chi connectivity index (χ1n) is 5.39. The van der Waals surface area contributed by atoms with Gasteiger partial charge < -0.3 is 5.32 Å². The first-order chi connectivity index (χ1) is 8.19. The Kier molecular flexibility index (Phi) is 3.97. The average Bonchev–Trinajstić information content (AvgIpc) is 2.70. The molecule has 17 heavy (non-hydrogen) atoms. The first kappa shape index (κ1) is 12.3. The molecule has 3 nitrogen and oxygen atoms in total. The quantitative estimate of drug-likeness (QED) is 0.866. The molecule has 1 atom stereocenters. The van der Waals surface area contributed by atoms with Crippen molar-refractivity contribution >= 4 is 39.1 Å². The smallest absolute Gasteiger partial charge is 0.235 e. The minimum atomic E-state index is -0.139. The van der Waals surface area contributed by atoms with Crippen molar-refractivity contribution in [3.8, 4) is 0 Å². The second-order valence-corrected chi connectivity index (χ2v) is 5.26. The van der Waals surface area contributed by atoms with Gasteiger partial charge in [-0.25, -0.2) is 4.98 Å². The van der Waals surface area contributed by atoms with Crippen molar-refractivity contribution in [3.63, 3.8) is 0 Å². The molecule has 1 aromatic carbocycles. The summed E-state index contributed by atoms with van der Waals surface area (Å²) in [6.45, 7) is 1.95. The van der Waals surface area contributed by atoms with Crippen LogP contribution in [0.15, 0.2) is 24.3 Å². The van der Waals surface area contributed by atoms with Crippen molar-refractivity contribution in [2.45, 2.75) is 19.4 Å². The number of carbonyl (C=O) groups is 1. The van der Waals surface area contributed by atoms with Crippen molar-refractivity contribution in [1.82, 2.24) is 10.3 Å². The van der Waals surface area contributed by atoms with Crippen LogP contribution in [0.25, 0.3) is 10.2 Å². The maximum absolute atomic E-state index is 11.1. The predicted molar refractivity (Wildman–Crippen MR) is 71.6 cm³/mol. The van der Waals surface area contributed by atoms with Crippen LogP contribution in [0.3, 0.4) is 0 Å². The van der Waals surface area contributed by atoms with Gasteiger partial charge in [-0.15, -0.1) is 22.9 Å². The SMILES string of the molecule is C[C@@H](Cc1nc2ccccc2s1)NC(=O)CCl. The molecular weight excluding hydrogens is 256 g/mol. The van der Waals surface area contributed by atoms with Gasteiger partial charge in [-0.2, -0.15) is 0 Å². The van der Waals surface area contributed by atoms with E-state index < -0.39 is 0 Å². The molecule has 0 radical (unpaired) electrons. The van der Waals surface area contributed by atoms with Gasteiger partial charge in [0.2, 0.25) is 5.91 Å². The minimum absolute atomic E-state index is 0.00415. The molecule has 1 heterocycles. The zero-order valence-corrected chi connectivity index (χ0v) is 11.0. The number of thiazole rings is 1. The van der Waals surface area contributed by atoms with Gasteiger partial charge in [-0.3, -0.25) is 4.79 Å². The molecule has 0 aliphatic rings. The van der Waals surface area contributed by atoms with Gasteiger partial charge in [0.15, 0.2) is 0 Å². The summed E-state index contributed by atoms with van der Waals surface area (Å²) in [5.74, 6) is -0.134. The average molecular weight is 269 g/mol. The van der Waals surface area contributed by atoms with E-state index in [1.807, 2.05) is 25.1 Å². The van der Waals surface area contributed by atoms with E-state index in [2.05, 4.69) is 16.4 Å². The highest BCUT2D eigenvalue weighted by molar-refractivity contribution is 7.18. The fraction of sp³-hybridized carbons (Fsp3) is 0.333. The van der Waals surface area contributed by atoms with Crippen molar-refractivity contribution in [1.29, 1.82) is 0 Å². The van der Waals surface area contributed by atoms with E-state index in [1.54, 1.807) is 11.3 Å². The zero-order chi connectivity index (χ0) is 12.3. The summed E-state index contributed by atoms with van der Waals surface area (Å²) in [5.41, 5.74) is 1.02. The maximum atomic E-state index is 11.1. The van der Waals surface area contributed by atoms with Gasteiger partial charge in [-0.1, -0.05) is 12.1 Å². The van der Waals surface area contributed by atoms with E-state index in [1.165, 1.54) is 4.70 Å². The van der Waals surface area contributed by atoms with Crippen molar-refractivity contribution < 1.29 is 4.79 Å². The molecule has 2 aromatic rings. The van der Waals surface area contributed by atoms with E-state index in [0.29, 0.717) is 0 Å². The molecule has 0 aliphatic heterocycles. The number of amides is 1. The molecule has 0 spiro atoms. The monoisotopic (exact) mass is 268 g/mol. The lowest BCUT2D eigenvalue weighted by molar-refractivity contribution is -0.119. The summed E-state index contributed by atoms with van der Waals surface area (Å²) in [5, 5.41) is 3.85. The van der Waals surface area contributed by atoms with Crippen LogP contribution in [0.1, 0.15) is 11.9 Å². The number of aromatic nitrogens is 1. The summed E-state index contributed by atoms with van der Waals surface area (Å²) in [4.78, 5) is 15.6. The van der Waals surface area contributed by atoms with E-state index in [0.717, 1.165) is 16.9 Å². The Balaban J connectivity index is 2.05. The minimum Gasteiger partial charge on any atom is -0.352 e. The van der Waals surface area contributed by atoms with Crippen LogP contribution in [0.5, 0.6) is 0 Å². The molecule has 0 saturated carbocycles. The number of rotatable bonds is 4.